The van der Waals surface area contributed by atoms with Crippen molar-refractivity contribution in [1.82, 2.24) is 15.0 Å². The molecule has 7 aromatic carbocycles. The molecule has 2 aliphatic rings. The van der Waals surface area contributed by atoms with Crippen LogP contribution in [0.1, 0.15) is 48.8 Å². The molecule has 1 fully saturated rings. The summed E-state index contributed by atoms with van der Waals surface area (Å²) in [5, 5.41) is 11.8. The Kier molecular flexibility index (Phi) is 7.72. The molecule has 57 heavy (non-hydrogen) atoms. The molecule has 2 aromatic heterocycles. The maximum atomic E-state index is 9.67. The third kappa shape index (κ3) is 5.56. The fraction of sp³-hybridized carbons (Fsp3) is 0.115. The Bertz CT molecular complexity index is 3040. The number of furan rings is 1. The van der Waals surface area contributed by atoms with Crippen molar-refractivity contribution in [1.29, 1.82) is 5.26 Å². The molecule has 1 spiro atoms. The van der Waals surface area contributed by atoms with Crippen molar-refractivity contribution in [3.63, 3.8) is 0 Å². The van der Waals surface area contributed by atoms with E-state index in [9.17, 15) is 5.26 Å². The molecule has 5 nitrogen and oxygen atoms in total. The normalized spacial score (nSPS) is 14.1. The van der Waals surface area contributed by atoms with Gasteiger partial charge in [0.25, 0.3) is 0 Å². The summed E-state index contributed by atoms with van der Waals surface area (Å²) in [6.45, 7) is 0. The Hall–Kier alpha value is -7.16. The van der Waals surface area contributed by atoms with Gasteiger partial charge in [0.15, 0.2) is 17.5 Å². The van der Waals surface area contributed by atoms with Crippen LogP contribution in [0.15, 0.2) is 162 Å². The highest BCUT2D eigenvalue weighted by Gasteiger charge is 2.43. The summed E-state index contributed by atoms with van der Waals surface area (Å²) in [6, 6.07) is 57.3. The van der Waals surface area contributed by atoms with Crippen LogP contribution in [-0.2, 0) is 5.41 Å². The maximum Gasteiger partial charge on any atom is 0.164 e. The molecule has 0 aliphatic heterocycles. The second kappa shape index (κ2) is 13.3. The summed E-state index contributed by atoms with van der Waals surface area (Å²) in [7, 11) is 0. The summed E-state index contributed by atoms with van der Waals surface area (Å²) in [5.41, 5.74) is 15.3. The lowest BCUT2D eigenvalue weighted by Crippen LogP contribution is -2.28. The average Bonchev–Trinajstić information content (AvgIpc) is 3.78. The molecule has 0 unspecified atom stereocenters. The summed E-state index contributed by atoms with van der Waals surface area (Å²) in [4.78, 5) is 15.0. The molecule has 0 atom stereocenters. The highest BCUT2D eigenvalue weighted by molar-refractivity contribution is 6.06. The van der Waals surface area contributed by atoms with Crippen molar-refractivity contribution >= 4 is 21.9 Å². The molecule has 2 aliphatic carbocycles. The average molecular weight is 733 g/mol. The van der Waals surface area contributed by atoms with Crippen molar-refractivity contribution in [2.24, 2.45) is 0 Å². The van der Waals surface area contributed by atoms with Crippen molar-refractivity contribution < 1.29 is 4.42 Å². The minimum absolute atomic E-state index is 0.0397. The first-order valence-corrected chi connectivity index (χ1v) is 19.8. The molecule has 0 bridgehead atoms. The molecule has 270 valence electrons. The zero-order chi connectivity index (χ0) is 37.9. The minimum Gasteiger partial charge on any atom is -0.456 e. The molecule has 0 amide bonds. The fourth-order valence-corrected chi connectivity index (χ4v) is 9.33. The van der Waals surface area contributed by atoms with Crippen LogP contribution >= 0.6 is 0 Å². The molecule has 2 heterocycles. The van der Waals surface area contributed by atoms with Gasteiger partial charge in [0, 0.05) is 32.9 Å². The minimum atomic E-state index is 0.0397. The highest BCUT2D eigenvalue weighted by Crippen LogP contribution is 2.56. The number of nitrogens with zero attached hydrogens (tertiary/aromatic N) is 4. The van der Waals surface area contributed by atoms with E-state index in [0.717, 1.165) is 68.2 Å². The van der Waals surface area contributed by atoms with Gasteiger partial charge < -0.3 is 4.42 Å². The van der Waals surface area contributed by atoms with Crippen molar-refractivity contribution in [3.8, 4) is 73.6 Å². The topological polar surface area (TPSA) is 75.6 Å². The molecule has 9 aromatic rings. The van der Waals surface area contributed by atoms with Crippen molar-refractivity contribution in [3.05, 3.63) is 174 Å². The SMILES string of the molecule is N#Cc1ccc2c(c1)-c1ccc(-c3ccc(-c4ccc(-c5nc(-c6ccccc6)nc(-c6ccc7oc8ccccc8c7c6)n5)cc4)cc3)cc1C21CCCCC1. The quantitative estimate of drug-likeness (QED) is 0.176. The largest absolute Gasteiger partial charge is 0.456 e. The number of para-hydroxylation sites is 1. The van der Waals surface area contributed by atoms with Gasteiger partial charge in [-0.25, -0.2) is 15.0 Å². The van der Waals surface area contributed by atoms with E-state index in [-0.39, 0.29) is 5.41 Å². The van der Waals surface area contributed by atoms with E-state index in [2.05, 4.69) is 97.1 Å². The third-order valence-electron chi connectivity index (χ3n) is 12.2. The Labute approximate surface area is 331 Å². The van der Waals surface area contributed by atoms with Gasteiger partial charge in [0.05, 0.1) is 11.6 Å². The molecule has 0 radical (unpaired) electrons. The fourth-order valence-electron chi connectivity index (χ4n) is 9.33. The summed E-state index contributed by atoms with van der Waals surface area (Å²) in [6.07, 6.45) is 6.08. The molecular formula is C52H36N4O. The Morgan fingerprint density at radius 2 is 1.02 bits per heavy atom. The van der Waals surface area contributed by atoms with Crippen LogP contribution in [0.2, 0.25) is 0 Å². The van der Waals surface area contributed by atoms with Crippen LogP contribution in [0.3, 0.4) is 0 Å². The maximum absolute atomic E-state index is 9.67. The highest BCUT2D eigenvalue weighted by atomic mass is 16.3. The summed E-state index contributed by atoms with van der Waals surface area (Å²) >= 11 is 0. The van der Waals surface area contributed by atoms with Crippen LogP contribution in [0.4, 0.5) is 0 Å². The third-order valence-corrected chi connectivity index (χ3v) is 12.2. The lowest BCUT2D eigenvalue weighted by molar-refractivity contribution is 0.353. The van der Waals surface area contributed by atoms with Gasteiger partial charge in [-0.05, 0) is 99.8 Å². The van der Waals surface area contributed by atoms with Crippen molar-refractivity contribution in [2.45, 2.75) is 37.5 Å². The van der Waals surface area contributed by atoms with E-state index in [1.54, 1.807) is 0 Å². The van der Waals surface area contributed by atoms with Gasteiger partial charge in [-0.3, -0.25) is 0 Å². The summed E-state index contributed by atoms with van der Waals surface area (Å²) in [5.74, 6) is 1.86. The van der Waals surface area contributed by atoms with Crippen LogP contribution in [0.5, 0.6) is 0 Å². The van der Waals surface area contributed by atoms with Crippen molar-refractivity contribution in [2.75, 3.05) is 0 Å². The predicted molar refractivity (Wildman–Crippen MR) is 228 cm³/mol. The number of aromatic nitrogens is 3. The van der Waals surface area contributed by atoms with Crippen LogP contribution in [-0.4, -0.2) is 15.0 Å². The van der Waals surface area contributed by atoms with Crippen LogP contribution in [0.25, 0.3) is 89.5 Å². The number of hydrogen-bond acceptors (Lipinski definition) is 5. The van der Waals surface area contributed by atoms with Gasteiger partial charge in [-0.1, -0.05) is 135 Å². The van der Waals surface area contributed by atoms with E-state index in [0.29, 0.717) is 17.5 Å². The predicted octanol–water partition coefficient (Wildman–Crippen LogP) is 13.2. The summed E-state index contributed by atoms with van der Waals surface area (Å²) < 4.78 is 6.10. The van der Waals surface area contributed by atoms with Gasteiger partial charge in [-0.2, -0.15) is 5.26 Å². The Morgan fingerprint density at radius 3 is 1.74 bits per heavy atom. The molecule has 1 saturated carbocycles. The monoisotopic (exact) mass is 732 g/mol. The van der Waals surface area contributed by atoms with E-state index < -0.39 is 0 Å². The smallest absolute Gasteiger partial charge is 0.164 e. The lowest BCUT2D eigenvalue weighted by Gasteiger charge is -2.36. The van der Waals surface area contributed by atoms with E-state index >= 15 is 0 Å². The zero-order valence-corrected chi connectivity index (χ0v) is 31.2. The van der Waals surface area contributed by atoms with Crippen LogP contribution in [0, 0.1) is 11.3 Å². The first-order valence-electron chi connectivity index (χ1n) is 19.8. The van der Waals surface area contributed by atoms with Crippen LogP contribution < -0.4 is 0 Å². The zero-order valence-electron chi connectivity index (χ0n) is 31.2. The molecule has 5 heteroatoms. The van der Waals surface area contributed by atoms with Gasteiger partial charge in [0.1, 0.15) is 11.2 Å². The van der Waals surface area contributed by atoms with Gasteiger partial charge in [-0.15, -0.1) is 0 Å². The van der Waals surface area contributed by atoms with Gasteiger partial charge in [0.2, 0.25) is 0 Å². The van der Waals surface area contributed by atoms with E-state index in [1.165, 1.54) is 52.6 Å². The Balaban J connectivity index is 0.913. The molecule has 0 N–H and O–H groups in total. The second-order valence-electron chi connectivity index (χ2n) is 15.4. The number of hydrogen-bond donors (Lipinski definition) is 0. The first-order chi connectivity index (χ1) is 28.1. The number of benzene rings is 7. The first kappa shape index (κ1) is 33.2. The second-order valence-corrected chi connectivity index (χ2v) is 15.4. The van der Waals surface area contributed by atoms with E-state index in [4.69, 9.17) is 19.4 Å². The molecular weight excluding hydrogens is 697 g/mol. The number of nitriles is 1. The van der Waals surface area contributed by atoms with E-state index in [1.807, 2.05) is 66.7 Å². The molecule has 11 rings (SSSR count). The standard InChI is InChI=1S/C52H36N4O/c53-32-33-13-25-45-43(29-33)41-24-22-39(31-46(41)52(45)27-7-2-8-28-52)36-16-14-34(15-17-36)35-18-20-38(21-19-35)50-54-49(37-9-3-1-4-10-37)55-51(56-50)40-23-26-48-44(30-40)42-11-5-6-12-47(42)57-48/h1,3-6,9-26,29-31H,2,7-8,27-28H2. The number of rotatable bonds is 5. The lowest BCUT2D eigenvalue weighted by atomic mass is 9.67. The number of fused-ring (bicyclic) bond motifs is 8. The van der Waals surface area contributed by atoms with Gasteiger partial charge >= 0.3 is 0 Å². The molecule has 0 saturated heterocycles. The Morgan fingerprint density at radius 1 is 0.439 bits per heavy atom.